The Hall–Kier alpha value is -3.22. The molecule has 7 heteroatoms. The lowest BCUT2D eigenvalue weighted by molar-refractivity contribution is -0.137. The van der Waals surface area contributed by atoms with Gasteiger partial charge in [0.15, 0.2) is 0 Å². The van der Waals surface area contributed by atoms with Crippen molar-refractivity contribution in [2.24, 2.45) is 0 Å². The summed E-state index contributed by atoms with van der Waals surface area (Å²) in [6.45, 7) is 0. The predicted octanol–water partition coefficient (Wildman–Crippen LogP) is 6.02. The zero-order valence-electron chi connectivity index (χ0n) is 17.7. The standard InChI is InChI=1S/C25H25F3N2O2/c1-32-21-11-9-16(10-12-21)24(31)30-20-7-4-6-19(15-20)29-23-14-18(25(26,27)28)13-17-5-2-3-8-22(17)23/h2-3,5,8-14,19-20,29H,4,6-7,15H2,1H3,(H,30,31)/t19-,20+/m0/s1. The van der Waals surface area contributed by atoms with Crippen molar-refractivity contribution >= 4 is 22.4 Å². The van der Waals surface area contributed by atoms with Crippen LogP contribution in [-0.2, 0) is 6.18 Å². The summed E-state index contributed by atoms with van der Waals surface area (Å²) in [5.41, 5.74) is 0.353. The molecule has 0 unspecified atom stereocenters. The number of hydrogen-bond acceptors (Lipinski definition) is 3. The molecule has 1 fully saturated rings. The van der Waals surface area contributed by atoms with Gasteiger partial charge in [-0.25, -0.2) is 0 Å². The van der Waals surface area contributed by atoms with Crippen molar-refractivity contribution in [1.82, 2.24) is 5.32 Å². The first-order valence-corrected chi connectivity index (χ1v) is 10.6. The number of nitrogens with one attached hydrogen (secondary N) is 2. The Morgan fingerprint density at radius 3 is 2.44 bits per heavy atom. The van der Waals surface area contributed by atoms with Crippen LogP contribution in [0, 0.1) is 0 Å². The molecule has 2 atom stereocenters. The quantitative estimate of drug-likeness (QED) is 0.508. The first kappa shape index (κ1) is 22.0. The molecule has 2 N–H and O–H groups in total. The summed E-state index contributed by atoms with van der Waals surface area (Å²) < 4.78 is 45.3. The van der Waals surface area contributed by atoms with E-state index in [1.165, 1.54) is 12.1 Å². The molecule has 0 aliphatic heterocycles. The number of hydrogen-bond donors (Lipinski definition) is 2. The van der Waals surface area contributed by atoms with Crippen LogP contribution in [-0.4, -0.2) is 25.1 Å². The molecule has 0 bridgehead atoms. The topological polar surface area (TPSA) is 50.4 Å². The van der Waals surface area contributed by atoms with Crippen LogP contribution in [0.4, 0.5) is 18.9 Å². The van der Waals surface area contributed by atoms with Gasteiger partial charge in [-0.2, -0.15) is 13.2 Å². The van der Waals surface area contributed by atoms with E-state index in [1.807, 2.05) is 12.1 Å². The van der Waals surface area contributed by atoms with Crippen molar-refractivity contribution in [3.05, 3.63) is 71.8 Å². The average molecular weight is 442 g/mol. The third-order valence-electron chi connectivity index (χ3n) is 5.91. The highest BCUT2D eigenvalue weighted by Gasteiger charge is 2.32. The van der Waals surface area contributed by atoms with E-state index in [-0.39, 0.29) is 18.0 Å². The summed E-state index contributed by atoms with van der Waals surface area (Å²) in [6, 6.07) is 16.2. The smallest absolute Gasteiger partial charge is 0.416 e. The molecule has 168 valence electrons. The fourth-order valence-electron chi connectivity index (χ4n) is 4.28. The molecule has 0 heterocycles. The fourth-order valence-corrected chi connectivity index (χ4v) is 4.28. The van der Waals surface area contributed by atoms with E-state index >= 15 is 0 Å². The zero-order valence-corrected chi connectivity index (χ0v) is 17.7. The molecule has 1 aliphatic carbocycles. The van der Waals surface area contributed by atoms with Crippen LogP contribution < -0.4 is 15.4 Å². The van der Waals surface area contributed by atoms with Gasteiger partial charge in [0, 0.05) is 28.7 Å². The molecular formula is C25H25F3N2O2. The molecule has 1 aliphatic rings. The number of benzene rings is 3. The van der Waals surface area contributed by atoms with Crippen LogP contribution in [0.3, 0.4) is 0 Å². The van der Waals surface area contributed by atoms with E-state index in [2.05, 4.69) is 10.6 Å². The minimum Gasteiger partial charge on any atom is -0.497 e. The van der Waals surface area contributed by atoms with Crippen molar-refractivity contribution < 1.29 is 22.7 Å². The molecule has 1 amide bonds. The van der Waals surface area contributed by atoms with Crippen LogP contribution in [0.15, 0.2) is 60.7 Å². The summed E-state index contributed by atoms with van der Waals surface area (Å²) in [6.07, 6.45) is -1.22. The highest BCUT2D eigenvalue weighted by molar-refractivity contribution is 5.95. The lowest BCUT2D eigenvalue weighted by Crippen LogP contribution is -2.41. The highest BCUT2D eigenvalue weighted by atomic mass is 19.4. The number of ether oxygens (including phenoxy) is 1. The second-order valence-electron chi connectivity index (χ2n) is 8.15. The number of halogens is 3. The molecule has 4 rings (SSSR count). The van der Waals surface area contributed by atoms with Crippen LogP contribution in [0.25, 0.3) is 10.8 Å². The van der Waals surface area contributed by atoms with Gasteiger partial charge in [0.2, 0.25) is 0 Å². The van der Waals surface area contributed by atoms with Gasteiger partial charge in [-0.1, -0.05) is 24.3 Å². The first-order valence-electron chi connectivity index (χ1n) is 10.6. The number of anilines is 1. The van der Waals surface area contributed by atoms with Crippen LogP contribution in [0.5, 0.6) is 5.75 Å². The molecule has 0 radical (unpaired) electrons. The van der Waals surface area contributed by atoms with E-state index in [4.69, 9.17) is 4.74 Å². The number of rotatable bonds is 5. The predicted molar refractivity (Wildman–Crippen MR) is 119 cm³/mol. The first-order chi connectivity index (χ1) is 15.3. The number of fused-ring (bicyclic) bond motifs is 1. The Kier molecular flexibility index (Phi) is 6.26. The minimum atomic E-state index is -4.41. The van der Waals surface area contributed by atoms with Crippen molar-refractivity contribution in [3.63, 3.8) is 0 Å². The normalized spacial score (nSPS) is 18.9. The van der Waals surface area contributed by atoms with Gasteiger partial charge >= 0.3 is 6.18 Å². The van der Waals surface area contributed by atoms with E-state index < -0.39 is 11.7 Å². The van der Waals surface area contributed by atoms with Crippen LogP contribution in [0.1, 0.15) is 41.6 Å². The Morgan fingerprint density at radius 2 is 1.72 bits per heavy atom. The number of alkyl halides is 3. The molecule has 1 saturated carbocycles. The Balaban J connectivity index is 1.48. The highest BCUT2D eigenvalue weighted by Crippen LogP contribution is 2.36. The molecule has 3 aromatic carbocycles. The summed E-state index contributed by atoms with van der Waals surface area (Å²) in [4.78, 5) is 12.6. The van der Waals surface area contributed by atoms with Gasteiger partial charge in [0.05, 0.1) is 12.7 Å². The largest absolute Gasteiger partial charge is 0.497 e. The van der Waals surface area contributed by atoms with Gasteiger partial charge < -0.3 is 15.4 Å². The van der Waals surface area contributed by atoms with Gasteiger partial charge in [-0.3, -0.25) is 4.79 Å². The van der Waals surface area contributed by atoms with E-state index in [0.717, 1.165) is 24.6 Å². The molecule has 0 spiro atoms. The third kappa shape index (κ3) is 4.98. The number of amides is 1. The van der Waals surface area contributed by atoms with Crippen LogP contribution >= 0.6 is 0 Å². The maximum atomic E-state index is 13.4. The lowest BCUT2D eigenvalue weighted by atomic mass is 9.90. The Bertz CT molecular complexity index is 1100. The van der Waals surface area contributed by atoms with E-state index in [9.17, 15) is 18.0 Å². The van der Waals surface area contributed by atoms with Crippen molar-refractivity contribution in [2.45, 2.75) is 43.9 Å². The van der Waals surface area contributed by atoms with Crippen molar-refractivity contribution in [3.8, 4) is 5.75 Å². The minimum absolute atomic E-state index is 0.0307. The van der Waals surface area contributed by atoms with E-state index in [0.29, 0.717) is 28.8 Å². The van der Waals surface area contributed by atoms with E-state index in [1.54, 1.807) is 43.5 Å². The monoisotopic (exact) mass is 442 g/mol. The number of carbonyl (C=O) groups excluding carboxylic acids is 1. The molecule has 3 aromatic rings. The van der Waals surface area contributed by atoms with Gasteiger partial charge in [0.1, 0.15) is 5.75 Å². The Labute approximate surface area is 184 Å². The molecule has 32 heavy (non-hydrogen) atoms. The summed E-state index contributed by atoms with van der Waals surface area (Å²) >= 11 is 0. The number of methoxy groups -OCH3 is 1. The molecular weight excluding hydrogens is 417 g/mol. The third-order valence-corrected chi connectivity index (χ3v) is 5.91. The van der Waals surface area contributed by atoms with Crippen molar-refractivity contribution in [1.29, 1.82) is 0 Å². The summed E-state index contributed by atoms with van der Waals surface area (Å²) in [5.74, 6) is 0.514. The molecule has 4 nitrogen and oxygen atoms in total. The maximum Gasteiger partial charge on any atom is 0.416 e. The second-order valence-corrected chi connectivity index (χ2v) is 8.15. The van der Waals surface area contributed by atoms with Gasteiger partial charge in [-0.15, -0.1) is 0 Å². The van der Waals surface area contributed by atoms with Crippen LogP contribution in [0.2, 0.25) is 0 Å². The van der Waals surface area contributed by atoms with Gasteiger partial charge in [-0.05, 0) is 67.5 Å². The molecule has 0 aromatic heterocycles. The second kappa shape index (κ2) is 9.10. The average Bonchev–Trinajstić information content (AvgIpc) is 2.78. The lowest BCUT2D eigenvalue weighted by Gasteiger charge is -2.31. The summed E-state index contributed by atoms with van der Waals surface area (Å²) in [7, 11) is 1.57. The van der Waals surface area contributed by atoms with Crippen molar-refractivity contribution in [2.75, 3.05) is 12.4 Å². The maximum absolute atomic E-state index is 13.4. The SMILES string of the molecule is COc1ccc(C(=O)N[C@@H]2CCC[C@H](Nc3cc(C(F)(F)F)cc4ccccc34)C2)cc1. The molecule has 0 saturated heterocycles. The summed E-state index contributed by atoms with van der Waals surface area (Å²) in [5, 5.41) is 7.69. The Morgan fingerprint density at radius 1 is 1.00 bits per heavy atom. The zero-order chi connectivity index (χ0) is 22.7. The number of carbonyl (C=O) groups is 1. The fraction of sp³-hybridized carbons (Fsp3) is 0.320. The van der Waals surface area contributed by atoms with Gasteiger partial charge in [0.25, 0.3) is 5.91 Å².